The Kier molecular flexibility index (Phi) is 13.7. The first-order valence-corrected chi connectivity index (χ1v) is 14.4. The second-order valence-electron chi connectivity index (χ2n) is 9.81. The summed E-state index contributed by atoms with van der Waals surface area (Å²) in [5, 5.41) is 1.58. The summed E-state index contributed by atoms with van der Waals surface area (Å²) in [7, 11) is 2.01. The number of allylic oxidation sites excluding steroid dienone is 1. The van der Waals surface area contributed by atoms with E-state index >= 15 is 0 Å². The van der Waals surface area contributed by atoms with Gasteiger partial charge in [0, 0.05) is 30.9 Å². The Labute approximate surface area is 256 Å². The molecule has 218 valence electrons. The van der Waals surface area contributed by atoms with Crippen molar-refractivity contribution in [2.24, 2.45) is 0 Å². The van der Waals surface area contributed by atoms with Crippen LogP contribution in [0.15, 0.2) is 128 Å². The van der Waals surface area contributed by atoms with E-state index in [-0.39, 0.29) is 5.56 Å². The van der Waals surface area contributed by atoms with E-state index in [0.29, 0.717) is 0 Å². The van der Waals surface area contributed by atoms with Crippen molar-refractivity contribution in [3.63, 3.8) is 0 Å². The maximum absolute atomic E-state index is 13.5. The van der Waals surface area contributed by atoms with Crippen molar-refractivity contribution in [3.05, 3.63) is 150 Å². The van der Waals surface area contributed by atoms with E-state index in [1.807, 2.05) is 68.6 Å². The highest BCUT2D eigenvalue weighted by atomic mass is 32.1. The van der Waals surface area contributed by atoms with E-state index in [9.17, 15) is 8.78 Å². The van der Waals surface area contributed by atoms with Gasteiger partial charge in [-0.2, -0.15) is 0 Å². The lowest BCUT2D eigenvalue weighted by molar-refractivity contribution is 0.0175. The van der Waals surface area contributed by atoms with E-state index in [2.05, 4.69) is 80.5 Å². The highest BCUT2D eigenvalue weighted by molar-refractivity contribution is 7.78. The first kappa shape index (κ1) is 34.1. The smallest absolute Gasteiger partial charge is 0.270 e. The summed E-state index contributed by atoms with van der Waals surface area (Å²) in [5.41, 5.74) is 8.46. The molecule has 1 nitrogen and oxygen atoms in total. The average molecular weight is 582 g/mol. The molecular weight excluding hydrogens is 540 g/mol. The van der Waals surface area contributed by atoms with Gasteiger partial charge in [0.15, 0.2) is 0 Å². The number of nitrogens with zero attached hydrogens (tertiary/aromatic N) is 1. The molecule has 0 bridgehead atoms. The zero-order valence-electron chi connectivity index (χ0n) is 25.3. The molecule has 4 heteroatoms. The molecule has 0 spiro atoms. The summed E-state index contributed by atoms with van der Waals surface area (Å²) < 4.78 is 27.0. The molecule has 42 heavy (non-hydrogen) atoms. The molecule has 0 aliphatic heterocycles. The number of thiocarbonyl (C=S) groups is 1. The number of aryl methyl sites for hydroxylation is 1. The Morgan fingerprint density at radius 2 is 1.45 bits per heavy atom. The lowest BCUT2D eigenvalue weighted by Gasteiger charge is -2.24. The van der Waals surface area contributed by atoms with Crippen molar-refractivity contribution in [1.82, 2.24) is 0 Å². The Balaban J connectivity index is 0.000000523. The van der Waals surface area contributed by atoms with E-state index < -0.39 is 5.92 Å². The molecule has 0 radical (unpaired) electrons. The SMILES string of the molecule is C=Cc1ccc(N(C)C(=C)/C(=C/c2cccc(-c3ccc(C(C)(F)F)cc3)c2)CC)cc1.CC=S.Cc1ccccc1. The van der Waals surface area contributed by atoms with Crippen LogP contribution in [-0.2, 0) is 5.92 Å². The summed E-state index contributed by atoms with van der Waals surface area (Å²) >= 11 is 4.27. The number of hydrogen-bond acceptors (Lipinski definition) is 2. The minimum Gasteiger partial charge on any atom is -0.345 e. The highest BCUT2D eigenvalue weighted by Crippen LogP contribution is 2.30. The van der Waals surface area contributed by atoms with Gasteiger partial charge in [-0.05, 0) is 77.7 Å². The topological polar surface area (TPSA) is 3.24 Å². The third-order valence-corrected chi connectivity index (χ3v) is 6.57. The van der Waals surface area contributed by atoms with Gasteiger partial charge >= 0.3 is 0 Å². The molecule has 0 atom stereocenters. The molecule has 0 saturated carbocycles. The molecule has 4 aromatic carbocycles. The molecule has 4 aromatic rings. The number of likely N-dealkylation sites (N-methyl/N-ethyl adjacent to an activating group) is 1. The molecule has 0 N–H and O–H groups in total. The van der Waals surface area contributed by atoms with Gasteiger partial charge in [-0.1, -0.05) is 129 Å². The first-order chi connectivity index (χ1) is 20.0. The Hall–Kier alpha value is -4.15. The lowest BCUT2D eigenvalue weighted by Crippen LogP contribution is -2.16. The van der Waals surface area contributed by atoms with Crippen LogP contribution in [0.3, 0.4) is 0 Å². The van der Waals surface area contributed by atoms with Gasteiger partial charge in [0.2, 0.25) is 0 Å². The van der Waals surface area contributed by atoms with Crippen LogP contribution in [0, 0.1) is 6.92 Å². The summed E-state index contributed by atoms with van der Waals surface area (Å²) in [6.45, 7) is 15.0. The number of halogens is 2. The van der Waals surface area contributed by atoms with Crippen molar-refractivity contribution >= 4 is 35.4 Å². The number of alkyl halides is 2. The zero-order chi connectivity index (χ0) is 31.1. The third-order valence-electron chi connectivity index (χ3n) is 6.57. The number of hydrogen-bond donors (Lipinski definition) is 0. The third kappa shape index (κ3) is 10.7. The van der Waals surface area contributed by atoms with Gasteiger partial charge in [0.1, 0.15) is 0 Å². The highest BCUT2D eigenvalue weighted by Gasteiger charge is 2.23. The maximum Gasteiger partial charge on any atom is 0.270 e. The average Bonchev–Trinajstić information content (AvgIpc) is 3.00. The summed E-state index contributed by atoms with van der Waals surface area (Å²) in [5.74, 6) is -2.84. The molecule has 0 fully saturated rings. The van der Waals surface area contributed by atoms with E-state index in [4.69, 9.17) is 0 Å². The number of benzene rings is 4. The quantitative estimate of drug-likeness (QED) is 0.150. The van der Waals surface area contributed by atoms with Gasteiger partial charge in [0.05, 0.1) is 0 Å². The number of anilines is 1. The second-order valence-corrected chi connectivity index (χ2v) is 10.3. The van der Waals surface area contributed by atoms with Crippen LogP contribution < -0.4 is 4.90 Å². The molecule has 0 aliphatic carbocycles. The Morgan fingerprint density at radius 1 is 0.857 bits per heavy atom. The predicted molar refractivity (Wildman–Crippen MR) is 184 cm³/mol. The minimum atomic E-state index is -2.84. The monoisotopic (exact) mass is 581 g/mol. The summed E-state index contributed by atoms with van der Waals surface area (Å²) in [6, 6.07) is 33.0. The lowest BCUT2D eigenvalue weighted by atomic mass is 9.98. The van der Waals surface area contributed by atoms with Gasteiger partial charge in [-0.3, -0.25) is 0 Å². The Morgan fingerprint density at radius 3 is 1.93 bits per heavy atom. The molecule has 4 rings (SSSR count). The van der Waals surface area contributed by atoms with Crippen molar-refractivity contribution in [3.8, 4) is 11.1 Å². The summed E-state index contributed by atoms with van der Waals surface area (Å²) in [6.07, 6.45) is 4.79. The van der Waals surface area contributed by atoms with E-state index in [1.165, 1.54) is 17.7 Å². The van der Waals surface area contributed by atoms with Crippen LogP contribution in [0.4, 0.5) is 14.5 Å². The molecule has 0 aliphatic rings. The van der Waals surface area contributed by atoms with Gasteiger partial charge in [-0.25, -0.2) is 8.78 Å². The van der Waals surface area contributed by atoms with Crippen LogP contribution in [0.1, 0.15) is 49.4 Å². The van der Waals surface area contributed by atoms with Crippen molar-refractivity contribution in [2.45, 2.75) is 40.0 Å². The summed E-state index contributed by atoms with van der Waals surface area (Å²) in [4.78, 5) is 2.08. The van der Waals surface area contributed by atoms with Crippen LogP contribution in [0.2, 0.25) is 0 Å². The van der Waals surface area contributed by atoms with Crippen LogP contribution in [0.5, 0.6) is 0 Å². The van der Waals surface area contributed by atoms with Gasteiger partial charge in [-0.15, -0.1) is 0 Å². The zero-order valence-corrected chi connectivity index (χ0v) is 26.1. The van der Waals surface area contributed by atoms with E-state index in [1.54, 1.807) is 17.5 Å². The molecular formula is C38H41F2NS. The van der Waals surface area contributed by atoms with Crippen LogP contribution >= 0.6 is 12.2 Å². The van der Waals surface area contributed by atoms with Crippen LogP contribution in [-0.4, -0.2) is 12.4 Å². The van der Waals surface area contributed by atoms with Crippen LogP contribution in [0.25, 0.3) is 23.3 Å². The Bertz CT molecular complexity index is 1450. The molecule has 0 aromatic heterocycles. The molecule has 0 amide bonds. The van der Waals surface area contributed by atoms with E-state index in [0.717, 1.165) is 52.6 Å². The standard InChI is InChI=1S/C29H29F2N.C7H8.C2H4S/c1-6-22-11-17-28(18-12-22)32(5)21(3)24(7-2)19-23-9-8-10-26(20-23)25-13-15-27(16-14-25)29(4,30)31;1-7-5-3-2-4-6-7;1-2-3/h6,8-20H,1,3,7H2,2,4-5H3;2-6H,1H3;2H,1H3/b24-19+;;. The molecule has 0 saturated heterocycles. The van der Waals surface area contributed by atoms with Gasteiger partial charge < -0.3 is 4.90 Å². The minimum absolute atomic E-state index is 0.0195. The molecule has 0 unspecified atom stereocenters. The normalized spacial score (nSPS) is 10.8. The van der Waals surface area contributed by atoms with Crippen molar-refractivity contribution < 1.29 is 8.78 Å². The van der Waals surface area contributed by atoms with Crippen molar-refractivity contribution in [1.29, 1.82) is 0 Å². The molecule has 0 heterocycles. The maximum atomic E-state index is 13.5. The fourth-order valence-corrected chi connectivity index (χ4v) is 4.09. The second kappa shape index (κ2) is 17.0. The predicted octanol–water partition coefficient (Wildman–Crippen LogP) is 11.6. The van der Waals surface area contributed by atoms with Gasteiger partial charge in [0.25, 0.3) is 5.92 Å². The fraction of sp³-hybridized carbons (Fsp3) is 0.184. The largest absolute Gasteiger partial charge is 0.345 e. The number of rotatable bonds is 8. The first-order valence-electron chi connectivity index (χ1n) is 13.9. The fourth-order valence-electron chi connectivity index (χ4n) is 4.09. The van der Waals surface area contributed by atoms with Crippen molar-refractivity contribution in [2.75, 3.05) is 11.9 Å².